The number of ether oxygens (including phenoxy) is 11. The first-order chi connectivity index (χ1) is 24.9. The summed E-state index contributed by atoms with van der Waals surface area (Å²) in [5.41, 5.74) is 1.94. The first-order valence-corrected chi connectivity index (χ1v) is 17.7. The van der Waals surface area contributed by atoms with Crippen LogP contribution in [0.5, 0.6) is 0 Å². The van der Waals surface area contributed by atoms with Crippen LogP contribution in [0.15, 0.2) is 73.3 Å². The molecule has 0 aromatic heterocycles. The van der Waals surface area contributed by atoms with Gasteiger partial charge in [-0.3, -0.25) is 4.79 Å². The lowest BCUT2D eigenvalue weighted by molar-refractivity contribution is -0.315. The smallest absolute Gasteiger partial charge is 0.217 e. The summed E-state index contributed by atoms with van der Waals surface area (Å²) in [7, 11) is 3.06. The fourth-order valence-corrected chi connectivity index (χ4v) is 6.81. The Morgan fingerprint density at radius 1 is 0.885 bits per heavy atom. The molecular weight excluding hydrogens is 674 g/mol. The summed E-state index contributed by atoms with van der Waals surface area (Å²) in [5.74, 6) is -2.24. The van der Waals surface area contributed by atoms with Crippen LogP contribution in [0.4, 0.5) is 0 Å². The van der Waals surface area contributed by atoms with Gasteiger partial charge in [-0.1, -0.05) is 66.7 Å². The van der Waals surface area contributed by atoms with Gasteiger partial charge in [-0.05, 0) is 38.8 Å². The molecule has 1 amide bonds. The zero-order valence-corrected chi connectivity index (χ0v) is 31.3. The van der Waals surface area contributed by atoms with Gasteiger partial charge in [-0.2, -0.15) is 0 Å². The van der Waals surface area contributed by atoms with Crippen molar-refractivity contribution in [2.75, 3.05) is 34.0 Å². The normalized spacial score (nSPS) is 30.3. The third kappa shape index (κ3) is 10.7. The van der Waals surface area contributed by atoms with Crippen molar-refractivity contribution in [3.63, 3.8) is 0 Å². The molecule has 0 spiro atoms. The Balaban J connectivity index is 1.52. The standard InChI is InChI=1S/C39H55NO12/c1-9-20-45-31-28(23-44-21-26-16-12-10-13-17-26)48-36(30(40-25(2)41)33(31)46-22-27-18-14-11-15-19-27)49-32(29-24-47-38(3,4)50-29)34-35(37(42-7)43-8)52-39(5,6)51-34/h9-19,28-37H,1,20-24H2,2-8H3,(H,40,41)/t28-,29-,30+,31-,32-,33-,34+,35-,36+/m1/s1. The van der Waals surface area contributed by atoms with E-state index in [4.69, 9.17) is 52.1 Å². The monoisotopic (exact) mass is 729 g/mol. The molecule has 13 heteroatoms. The summed E-state index contributed by atoms with van der Waals surface area (Å²) in [6, 6.07) is 18.8. The molecule has 5 rings (SSSR count). The van der Waals surface area contributed by atoms with Crippen LogP contribution in [0.1, 0.15) is 45.7 Å². The molecule has 2 aromatic rings. The van der Waals surface area contributed by atoms with E-state index in [0.717, 1.165) is 11.1 Å². The molecule has 3 aliphatic rings. The van der Waals surface area contributed by atoms with Crippen molar-refractivity contribution in [3.8, 4) is 0 Å². The molecule has 0 aliphatic carbocycles. The minimum atomic E-state index is -1.10. The molecule has 9 atom stereocenters. The van der Waals surface area contributed by atoms with Crippen LogP contribution in [0.2, 0.25) is 0 Å². The lowest BCUT2D eigenvalue weighted by atomic mass is 9.95. The molecule has 0 bridgehead atoms. The number of hydrogen-bond donors (Lipinski definition) is 1. The van der Waals surface area contributed by atoms with Crippen LogP contribution in [0, 0.1) is 0 Å². The van der Waals surface area contributed by atoms with E-state index in [1.165, 1.54) is 21.1 Å². The Morgan fingerprint density at radius 3 is 2.10 bits per heavy atom. The summed E-state index contributed by atoms with van der Waals surface area (Å²) in [4.78, 5) is 12.9. The number of hydrogen-bond acceptors (Lipinski definition) is 12. The second-order valence-corrected chi connectivity index (χ2v) is 14.0. The van der Waals surface area contributed by atoms with E-state index < -0.39 is 72.9 Å². The van der Waals surface area contributed by atoms with Crippen molar-refractivity contribution in [1.82, 2.24) is 5.32 Å². The van der Waals surface area contributed by atoms with Gasteiger partial charge >= 0.3 is 0 Å². The third-order valence-electron chi connectivity index (χ3n) is 9.01. The zero-order chi connectivity index (χ0) is 37.3. The number of rotatable bonds is 18. The highest BCUT2D eigenvalue weighted by Crippen LogP contribution is 2.39. The molecule has 0 unspecified atom stereocenters. The van der Waals surface area contributed by atoms with E-state index in [1.54, 1.807) is 6.08 Å². The highest BCUT2D eigenvalue weighted by molar-refractivity contribution is 5.73. The van der Waals surface area contributed by atoms with E-state index in [1.807, 2.05) is 88.4 Å². The summed E-state index contributed by atoms with van der Waals surface area (Å²) >= 11 is 0. The minimum Gasteiger partial charge on any atom is -0.374 e. The molecule has 3 heterocycles. The summed E-state index contributed by atoms with van der Waals surface area (Å²) in [6.45, 7) is 13.7. The number of carbonyl (C=O) groups excluding carboxylic acids is 1. The van der Waals surface area contributed by atoms with Gasteiger partial charge in [0.2, 0.25) is 5.91 Å². The Kier molecular flexibility index (Phi) is 14.4. The molecular formula is C39H55NO12. The molecule has 0 radical (unpaired) electrons. The fraction of sp³-hybridized carbons (Fsp3) is 0.615. The molecule has 288 valence electrons. The molecule has 0 saturated carbocycles. The van der Waals surface area contributed by atoms with Crippen molar-refractivity contribution in [2.24, 2.45) is 0 Å². The largest absolute Gasteiger partial charge is 0.374 e. The third-order valence-corrected chi connectivity index (χ3v) is 9.01. The quantitative estimate of drug-likeness (QED) is 0.174. The van der Waals surface area contributed by atoms with Crippen LogP contribution >= 0.6 is 0 Å². The summed E-state index contributed by atoms with van der Waals surface area (Å²) in [6.07, 6.45) is -5.42. The SMILES string of the molecule is C=CCO[C@H]1[C@H](OCc2ccccc2)[C@H](NC(C)=O)[C@H](O[C@@H]([C@@H]2OC(C)(C)O[C@H]2C(OC)OC)[C@H]2COC(C)(C)O2)O[C@@H]1COCc1ccccc1. The number of benzene rings is 2. The maximum Gasteiger partial charge on any atom is 0.217 e. The summed E-state index contributed by atoms with van der Waals surface area (Å²) in [5, 5.41) is 3.05. The lowest BCUT2D eigenvalue weighted by Crippen LogP contribution is -2.67. The zero-order valence-electron chi connectivity index (χ0n) is 31.3. The van der Waals surface area contributed by atoms with Crippen LogP contribution < -0.4 is 5.32 Å². The van der Waals surface area contributed by atoms with Crippen LogP contribution in [-0.2, 0) is 70.1 Å². The highest BCUT2D eigenvalue weighted by atomic mass is 16.8. The summed E-state index contributed by atoms with van der Waals surface area (Å²) < 4.78 is 69.6. The molecule has 2 aromatic carbocycles. The Morgan fingerprint density at radius 2 is 1.52 bits per heavy atom. The fourth-order valence-electron chi connectivity index (χ4n) is 6.81. The predicted molar refractivity (Wildman–Crippen MR) is 189 cm³/mol. The second kappa shape index (κ2) is 18.5. The molecule has 3 aliphatic heterocycles. The first kappa shape index (κ1) is 40.4. The van der Waals surface area contributed by atoms with Gasteiger partial charge in [0.25, 0.3) is 0 Å². The van der Waals surface area contributed by atoms with Gasteiger partial charge in [0, 0.05) is 21.1 Å². The number of nitrogens with one attached hydrogen (secondary N) is 1. The average molecular weight is 730 g/mol. The number of amides is 1. The van der Waals surface area contributed by atoms with E-state index >= 15 is 0 Å². The van der Waals surface area contributed by atoms with Crippen molar-refractivity contribution in [2.45, 2.75) is 121 Å². The average Bonchev–Trinajstić information content (AvgIpc) is 3.64. The van der Waals surface area contributed by atoms with E-state index in [-0.39, 0.29) is 32.3 Å². The van der Waals surface area contributed by atoms with Crippen molar-refractivity contribution in [1.29, 1.82) is 0 Å². The Hall–Kier alpha value is -2.79. The first-order valence-electron chi connectivity index (χ1n) is 17.7. The van der Waals surface area contributed by atoms with Gasteiger partial charge in [-0.25, -0.2) is 0 Å². The van der Waals surface area contributed by atoms with Gasteiger partial charge in [-0.15, -0.1) is 6.58 Å². The van der Waals surface area contributed by atoms with Gasteiger partial charge in [0.1, 0.15) is 48.8 Å². The van der Waals surface area contributed by atoms with Crippen LogP contribution in [0.25, 0.3) is 0 Å². The van der Waals surface area contributed by atoms with Gasteiger partial charge in [0.15, 0.2) is 24.2 Å². The Bertz CT molecular complexity index is 1390. The van der Waals surface area contributed by atoms with Crippen molar-refractivity contribution < 1.29 is 56.9 Å². The predicted octanol–water partition coefficient (Wildman–Crippen LogP) is 4.27. The van der Waals surface area contributed by atoms with Crippen LogP contribution in [-0.4, -0.2) is 113 Å². The number of carbonyl (C=O) groups is 1. The Labute approximate surface area is 307 Å². The topological polar surface area (TPSA) is 131 Å². The maximum absolute atomic E-state index is 12.9. The molecule has 1 N–H and O–H groups in total. The lowest BCUT2D eigenvalue weighted by Gasteiger charge is -2.47. The van der Waals surface area contributed by atoms with E-state index in [2.05, 4.69) is 11.9 Å². The molecule has 3 fully saturated rings. The number of methoxy groups -OCH3 is 2. The molecule has 3 saturated heterocycles. The van der Waals surface area contributed by atoms with Crippen LogP contribution in [0.3, 0.4) is 0 Å². The van der Waals surface area contributed by atoms with Crippen molar-refractivity contribution >= 4 is 5.91 Å². The second-order valence-electron chi connectivity index (χ2n) is 14.0. The highest BCUT2D eigenvalue weighted by Gasteiger charge is 2.57. The van der Waals surface area contributed by atoms with E-state index in [0.29, 0.717) is 6.61 Å². The molecule has 52 heavy (non-hydrogen) atoms. The van der Waals surface area contributed by atoms with Gasteiger partial charge in [0.05, 0.1) is 33.0 Å². The minimum absolute atomic E-state index is 0.128. The van der Waals surface area contributed by atoms with Gasteiger partial charge < -0.3 is 57.4 Å². The van der Waals surface area contributed by atoms with Crippen molar-refractivity contribution in [3.05, 3.63) is 84.4 Å². The maximum atomic E-state index is 12.9. The van der Waals surface area contributed by atoms with E-state index in [9.17, 15) is 4.79 Å². The molecule has 13 nitrogen and oxygen atoms in total.